The summed E-state index contributed by atoms with van der Waals surface area (Å²) in [6, 6.07) is 5.10. The van der Waals surface area contributed by atoms with Gasteiger partial charge < -0.3 is 0 Å². The van der Waals surface area contributed by atoms with Crippen molar-refractivity contribution >= 4 is 35.1 Å². The van der Waals surface area contributed by atoms with Crippen LogP contribution >= 0.6 is 11.3 Å². The van der Waals surface area contributed by atoms with Crippen molar-refractivity contribution in [2.75, 3.05) is 0 Å². The van der Waals surface area contributed by atoms with E-state index < -0.39 is 0 Å². The molecule has 0 unspecified atom stereocenters. The molecule has 0 amide bonds. The minimum Gasteiger partial charge on any atom is -0.207 e. The first-order chi connectivity index (χ1) is 13.2. The lowest BCUT2D eigenvalue weighted by molar-refractivity contribution is 0.626. The van der Waals surface area contributed by atoms with Crippen LogP contribution in [-0.4, -0.2) is 0 Å². The van der Waals surface area contributed by atoms with E-state index in [1.54, 1.807) is 12.1 Å². The molecule has 1 aromatic carbocycles. The van der Waals surface area contributed by atoms with Crippen LogP contribution in [-0.2, 0) is 12.8 Å². The molecule has 0 N–H and O–H groups in total. The summed E-state index contributed by atoms with van der Waals surface area (Å²) >= 11 is 1.94. The molecule has 0 saturated heterocycles. The van der Waals surface area contributed by atoms with Gasteiger partial charge in [0.1, 0.15) is 5.82 Å². The van der Waals surface area contributed by atoms with Gasteiger partial charge in [-0.3, -0.25) is 0 Å². The topological polar surface area (TPSA) is 0 Å². The molecule has 1 aliphatic carbocycles. The lowest BCUT2D eigenvalue weighted by Crippen LogP contribution is -2.26. The minimum absolute atomic E-state index is 0.160. The van der Waals surface area contributed by atoms with E-state index in [0.717, 1.165) is 44.1 Å². The predicted octanol–water partition coefficient (Wildman–Crippen LogP) is 6.26. The maximum atomic E-state index is 13.6. The highest BCUT2D eigenvalue weighted by Crippen LogP contribution is 2.21. The second-order valence-corrected chi connectivity index (χ2v) is 8.05. The van der Waals surface area contributed by atoms with Gasteiger partial charge in [0.05, 0.1) is 0 Å². The Morgan fingerprint density at radius 1 is 1.07 bits per heavy atom. The molecule has 0 saturated carbocycles. The summed E-state index contributed by atoms with van der Waals surface area (Å²) in [6.07, 6.45) is 17.6. The number of hydrogen-bond donors (Lipinski definition) is 0. The molecule has 2 aromatic rings. The molecule has 0 nitrogen and oxygen atoms in total. The highest BCUT2D eigenvalue weighted by atomic mass is 32.1. The van der Waals surface area contributed by atoms with Crippen molar-refractivity contribution in [2.24, 2.45) is 0 Å². The van der Waals surface area contributed by atoms with Crippen LogP contribution < -0.4 is 9.75 Å². The van der Waals surface area contributed by atoms with Crippen LogP contribution in [0.4, 0.5) is 4.39 Å². The first-order valence-electron chi connectivity index (χ1n) is 10.1. The quantitative estimate of drug-likeness (QED) is 0.531. The largest absolute Gasteiger partial charge is 0.207 e. The van der Waals surface area contributed by atoms with E-state index >= 15 is 0 Å². The molecule has 0 fully saturated rings. The molecule has 142 valence electrons. The Hall–Kier alpha value is -1.93. The number of thiophene rings is 1. The first kappa shape index (κ1) is 19.8. The van der Waals surface area contributed by atoms with Gasteiger partial charge in [0.15, 0.2) is 0 Å². The number of benzene rings is 1. The average Bonchev–Trinajstić information content (AvgIpc) is 3.05. The van der Waals surface area contributed by atoms with Crippen molar-refractivity contribution in [2.45, 2.75) is 59.3 Å². The van der Waals surface area contributed by atoms with Gasteiger partial charge in [0, 0.05) is 9.41 Å². The van der Waals surface area contributed by atoms with E-state index in [2.05, 4.69) is 51.2 Å². The van der Waals surface area contributed by atoms with Crippen molar-refractivity contribution in [3.05, 3.63) is 67.5 Å². The molecule has 0 radical (unpaired) electrons. The number of fused-ring (bicyclic) bond motifs is 1. The van der Waals surface area contributed by atoms with E-state index in [1.165, 1.54) is 31.3 Å². The molecule has 1 aliphatic rings. The Balaban J connectivity index is 1.94. The Morgan fingerprint density at radius 3 is 2.67 bits per heavy atom. The fourth-order valence-electron chi connectivity index (χ4n) is 3.77. The molecule has 3 rings (SSSR count). The molecule has 0 aliphatic heterocycles. The second kappa shape index (κ2) is 9.32. The van der Waals surface area contributed by atoms with Gasteiger partial charge in [0.2, 0.25) is 0 Å². The normalized spacial score (nSPS) is 14.1. The summed E-state index contributed by atoms with van der Waals surface area (Å²) in [5, 5.41) is 1.47. The number of rotatable bonds is 7. The summed E-state index contributed by atoms with van der Waals surface area (Å²) in [4.78, 5) is 1.42. The zero-order chi connectivity index (χ0) is 19.2. The van der Waals surface area contributed by atoms with Gasteiger partial charge in [-0.2, -0.15) is 0 Å². The first-order valence-corrected chi connectivity index (χ1v) is 10.9. The van der Waals surface area contributed by atoms with E-state index in [9.17, 15) is 4.39 Å². The number of aryl methyl sites for hydroxylation is 1. The van der Waals surface area contributed by atoms with Crippen LogP contribution in [0.25, 0.3) is 23.8 Å². The summed E-state index contributed by atoms with van der Waals surface area (Å²) in [5.74, 6) is -0.160. The van der Waals surface area contributed by atoms with Crippen molar-refractivity contribution in [3.63, 3.8) is 0 Å². The summed E-state index contributed by atoms with van der Waals surface area (Å²) in [6.45, 7) is 6.55. The van der Waals surface area contributed by atoms with Gasteiger partial charge in [0.25, 0.3) is 0 Å². The molecular formula is C25H29FS. The average molecular weight is 381 g/mol. The molecule has 0 atom stereocenters. The fraction of sp³-hybridized carbons (Fsp3) is 0.360. The van der Waals surface area contributed by atoms with Crippen molar-refractivity contribution in [1.82, 2.24) is 0 Å². The van der Waals surface area contributed by atoms with Crippen LogP contribution in [0.5, 0.6) is 0 Å². The van der Waals surface area contributed by atoms with Gasteiger partial charge in [-0.15, -0.1) is 11.3 Å². The standard InChI is InChI=1S/C25H29FS/c1-4-7-14-24-22(6-3)23-13-9-11-19(25(23)27-24)10-8-12-20-17-21(26)16-15-18(20)5-2/h7-8,12-17H,4-6,9-11H2,1-3H3/b12-8-,14-7-. The molecule has 0 bridgehead atoms. The van der Waals surface area contributed by atoms with Crippen molar-refractivity contribution in [3.8, 4) is 0 Å². The van der Waals surface area contributed by atoms with Gasteiger partial charge in [-0.05, 0) is 84.2 Å². The van der Waals surface area contributed by atoms with Crippen LogP contribution in [0, 0.1) is 5.82 Å². The zero-order valence-electron chi connectivity index (χ0n) is 16.6. The van der Waals surface area contributed by atoms with Crippen LogP contribution in [0.2, 0.25) is 0 Å². The van der Waals surface area contributed by atoms with Gasteiger partial charge >= 0.3 is 0 Å². The Labute approximate surface area is 166 Å². The summed E-state index contributed by atoms with van der Waals surface area (Å²) in [5.41, 5.74) is 5.23. The molecular weight excluding hydrogens is 351 g/mol. The SMILES string of the molecule is CC/C=C\c1sc2c(c1CC)=CCCC=2C/C=C\c1cc(F)ccc1CC. The summed E-state index contributed by atoms with van der Waals surface area (Å²) in [7, 11) is 0. The lowest BCUT2D eigenvalue weighted by atomic mass is 9.98. The van der Waals surface area contributed by atoms with E-state index in [-0.39, 0.29) is 5.82 Å². The number of allylic oxidation sites excluding steroid dienone is 2. The predicted molar refractivity (Wildman–Crippen MR) is 119 cm³/mol. The molecule has 1 aromatic heterocycles. The van der Waals surface area contributed by atoms with Gasteiger partial charge in [-0.25, -0.2) is 4.39 Å². The Morgan fingerprint density at radius 2 is 1.93 bits per heavy atom. The van der Waals surface area contributed by atoms with Crippen LogP contribution in [0.1, 0.15) is 68.0 Å². The minimum atomic E-state index is -0.160. The second-order valence-electron chi connectivity index (χ2n) is 7.00. The Kier molecular flexibility index (Phi) is 6.84. The monoisotopic (exact) mass is 380 g/mol. The zero-order valence-corrected chi connectivity index (χ0v) is 17.5. The fourth-order valence-corrected chi connectivity index (χ4v) is 5.18. The highest BCUT2D eigenvalue weighted by molar-refractivity contribution is 7.11. The highest BCUT2D eigenvalue weighted by Gasteiger charge is 2.12. The van der Waals surface area contributed by atoms with Crippen molar-refractivity contribution < 1.29 is 4.39 Å². The number of hydrogen-bond acceptors (Lipinski definition) is 1. The van der Waals surface area contributed by atoms with Crippen molar-refractivity contribution in [1.29, 1.82) is 0 Å². The maximum absolute atomic E-state index is 13.6. The van der Waals surface area contributed by atoms with E-state index in [1.807, 2.05) is 17.4 Å². The third-order valence-electron chi connectivity index (χ3n) is 5.20. The van der Waals surface area contributed by atoms with E-state index in [4.69, 9.17) is 0 Å². The number of halogens is 1. The molecule has 27 heavy (non-hydrogen) atoms. The lowest BCUT2D eigenvalue weighted by Gasteiger charge is -2.07. The summed E-state index contributed by atoms with van der Waals surface area (Å²) < 4.78 is 15.1. The smallest absolute Gasteiger partial charge is 0.123 e. The van der Waals surface area contributed by atoms with Crippen LogP contribution in [0.3, 0.4) is 0 Å². The van der Waals surface area contributed by atoms with Gasteiger partial charge in [-0.1, -0.05) is 51.1 Å². The van der Waals surface area contributed by atoms with Crippen LogP contribution in [0.15, 0.2) is 30.4 Å². The molecule has 0 spiro atoms. The van der Waals surface area contributed by atoms with E-state index in [0.29, 0.717) is 0 Å². The maximum Gasteiger partial charge on any atom is 0.123 e. The molecule has 2 heteroatoms. The molecule has 1 heterocycles. The Bertz CT molecular complexity index is 972. The third-order valence-corrected chi connectivity index (χ3v) is 6.52. The third kappa shape index (κ3) is 4.50.